The Hall–Kier alpha value is -1.49. The first-order chi connectivity index (χ1) is 11.1. The van der Waals surface area contributed by atoms with Crippen LogP contribution in [0.25, 0.3) is 16.9 Å². The Labute approximate surface area is 152 Å². The van der Waals surface area contributed by atoms with E-state index in [9.17, 15) is 0 Å². The van der Waals surface area contributed by atoms with Gasteiger partial charge in [0.1, 0.15) is 5.82 Å². The molecule has 1 aliphatic heterocycles. The Morgan fingerprint density at radius 2 is 1.96 bits per heavy atom. The van der Waals surface area contributed by atoms with Crippen molar-refractivity contribution in [3.63, 3.8) is 0 Å². The summed E-state index contributed by atoms with van der Waals surface area (Å²) in [4.78, 5) is 0. The normalized spacial score (nSPS) is 13.0. The lowest BCUT2D eigenvalue weighted by Crippen LogP contribution is -2.04. The summed E-state index contributed by atoms with van der Waals surface area (Å²) < 4.78 is 2.97. The Kier molecular flexibility index (Phi) is 3.84. The first-order valence-corrected chi connectivity index (χ1v) is 8.75. The number of anilines is 1. The standard InChI is InChI=1S/C17H12BrCl2N3/c18-11-2-1-3-12(9-11)23-17-13(6-7-21-17)16(22-23)10-4-5-14(19)15(20)8-10/h1-5,8-9,21H,6-7H2. The van der Waals surface area contributed by atoms with Gasteiger partial charge in [0, 0.05) is 22.1 Å². The topological polar surface area (TPSA) is 29.9 Å². The highest BCUT2D eigenvalue weighted by Gasteiger charge is 2.24. The molecule has 1 aromatic heterocycles. The van der Waals surface area contributed by atoms with Crippen LogP contribution >= 0.6 is 39.1 Å². The Bertz CT molecular complexity index is 905. The van der Waals surface area contributed by atoms with E-state index >= 15 is 0 Å². The maximum Gasteiger partial charge on any atom is 0.133 e. The van der Waals surface area contributed by atoms with E-state index in [0.717, 1.165) is 40.2 Å². The van der Waals surface area contributed by atoms with Crippen molar-refractivity contribution in [1.29, 1.82) is 0 Å². The lowest BCUT2D eigenvalue weighted by Gasteiger charge is -2.06. The van der Waals surface area contributed by atoms with Crippen LogP contribution in [0.5, 0.6) is 0 Å². The van der Waals surface area contributed by atoms with Crippen molar-refractivity contribution in [2.75, 3.05) is 11.9 Å². The number of benzene rings is 2. The molecule has 0 radical (unpaired) electrons. The minimum Gasteiger partial charge on any atom is -0.369 e. The molecule has 3 nitrogen and oxygen atoms in total. The van der Waals surface area contributed by atoms with Gasteiger partial charge in [-0.1, -0.05) is 51.3 Å². The molecule has 0 aliphatic carbocycles. The quantitative estimate of drug-likeness (QED) is 0.600. The van der Waals surface area contributed by atoms with E-state index in [2.05, 4.69) is 21.2 Å². The van der Waals surface area contributed by atoms with E-state index < -0.39 is 0 Å². The summed E-state index contributed by atoms with van der Waals surface area (Å²) in [5.74, 6) is 1.05. The van der Waals surface area contributed by atoms with Crippen LogP contribution < -0.4 is 5.32 Å². The van der Waals surface area contributed by atoms with Crippen molar-refractivity contribution < 1.29 is 0 Å². The van der Waals surface area contributed by atoms with Gasteiger partial charge in [-0.15, -0.1) is 0 Å². The highest BCUT2D eigenvalue weighted by Crippen LogP contribution is 2.36. The van der Waals surface area contributed by atoms with E-state index in [4.69, 9.17) is 28.3 Å². The summed E-state index contributed by atoms with van der Waals surface area (Å²) in [6, 6.07) is 13.7. The third-order valence-electron chi connectivity index (χ3n) is 3.90. The van der Waals surface area contributed by atoms with Crippen LogP contribution in [0, 0.1) is 0 Å². The average Bonchev–Trinajstić information content (AvgIpc) is 3.12. The summed E-state index contributed by atoms with van der Waals surface area (Å²) in [6.07, 6.45) is 0.943. The number of nitrogens with zero attached hydrogens (tertiary/aromatic N) is 2. The zero-order valence-corrected chi connectivity index (χ0v) is 15.1. The molecule has 6 heteroatoms. The Morgan fingerprint density at radius 1 is 1.09 bits per heavy atom. The number of aromatic nitrogens is 2. The Morgan fingerprint density at radius 3 is 2.74 bits per heavy atom. The highest BCUT2D eigenvalue weighted by atomic mass is 79.9. The summed E-state index contributed by atoms with van der Waals surface area (Å²) in [7, 11) is 0. The van der Waals surface area contributed by atoms with Crippen LogP contribution in [-0.4, -0.2) is 16.3 Å². The fraction of sp³-hybridized carbons (Fsp3) is 0.118. The minimum absolute atomic E-state index is 0.542. The first kappa shape index (κ1) is 15.1. The van der Waals surface area contributed by atoms with Crippen molar-refractivity contribution >= 4 is 44.9 Å². The van der Waals surface area contributed by atoms with Gasteiger partial charge in [0.2, 0.25) is 0 Å². The molecular weight excluding hydrogens is 397 g/mol. The molecule has 23 heavy (non-hydrogen) atoms. The van der Waals surface area contributed by atoms with Gasteiger partial charge in [-0.2, -0.15) is 5.10 Å². The summed E-state index contributed by atoms with van der Waals surface area (Å²) in [6.45, 7) is 0.912. The number of halogens is 3. The number of hydrogen-bond acceptors (Lipinski definition) is 2. The minimum atomic E-state index is 0.542. The predicted octanol–water partition coefficient (Wildman–Crippen LogP) is 5.58. The molecule has 0 unspecified atom stereocenters. The van der Waals surface area contributed by atoms with Gasteiger partial charge >= 0.3 is 0 Å². The second-order valence-corrected chi connectivity index (χ2v) is 7.10. The molecule has 0 spiro atoms. The van der Waals surface area contributed by atoms with Gasteiger partial charge in [-0.05, 0) is 36.8 Å². The van der Waals surface area contributed by atoms with Crippen LogP contribution in [0.4, 0.5) is 5.82 Å². The van der Waals surface area contributed by atoms with Gasteiger partial charge in [0.05, 0.1) is 21.4 Å². The lowest BCUT2D eigenvalue weighted by molar-refractivity contribution is 0.882. The molecule has 2 heterocycles. The second kappa shape index (κ2) is 5.86. The van der Waals surface area contributed by atoms with Crippen molar-refractivity contribution in [3.05, 3.63) is 62.5 Å². The number of fused-ring (bicyclic) bond motifs is 1. The molecule has 1 aliphatic rings. The number of rotatable bonds is 2. The molecule has 116 valence electrons. The Balaban J connectivity index is 1.89. The molecule has 0 saturated carbocycles. The lowest BCUT2D eigenvalue weighted by atomic mass is 10.1. The van der Waals surface area contributed by atoms with Gasteiger partial charge in [0.25, 0.3) is 0 Å². The monoisotopic (exact) mass is 407 g/mol. The fourth-order valence-electron chi connectivity index (χ4n) is 2.84. The number of nitrogens with one attached hydrogen (secondary N) is 1. The van der Waals surface area contributed by atoms with E-state index in [1.54, 1.807) is 0 Å². The molecule has 2 aromatic carbocycles. The van der Waals surface area contributed by atoms with Crippen molar-refractivity contribution in [3.8, 4) is 16.9 Å². The maximum atomic E-state index is 6.17. The van der Waals surface area contributed by atoms with Crippen LogP contribution in [0.1, 0.15) is 5.56 Å². The van der Waals surface area contributed by atoms with E-state index in [1.165, 1.54) is 5.56 Å². The van der Waals surface area contributed by atoms with Crippen molar-refractivity contribution in [2.24, 2.45) is 0 Å². The SMILES string of the molecule is Clc1ccc(-c2nn(-c3cccc(Br)c3)c3c2CCN3)cc1Cl. The van der Waals surface area contributed by atoms with E-state index in [0.29, 0.717) is 10.0 Å². The van der Waals surface area contributed by atoms with E-state index in [1.807, 2.05) is 47.1 Å². The molecule has 4 rings (SSSR count). The van der Waals surface area contributed by atoms with Crippen molar-refractivity contribution in [1.82, 2.24) is 9.78 Å². The highest BCUT2D eigenvalue weighted by molar-refractivity contribution is 9.10. The van der Waals surface area contributed by atoms with Crippen LogP contribution in [-0.2, 0) is 6.42 Å². The molecule has 0 amide bonds. The smallest absolute Gasteiger partial charge is 0.133 e. The zero-order chi connectivity index (χ0) is 16.0. The second-order valence-electron chi connectivity index (χ2n) is 5.37. The molecule has 3 aromatic rings. The molecule has 0 atom stereocenters. The van der Waals surface area contributed by atoms with Crippen molar-refractivity contribution in [2.45, 2.75) is 6.42 Å². The van der Waals surface area contributed by atoms with Gasteiger partial charge in [-0.25, -0.2) is 4.68 Å². The molecule has 0 saturated heterocycles. The van der Waals surface area contributed by atoms with Gasteiger partial charge in [0.15, 0.2) is 0 Å². The summed E-state index contributed by atoms with van der Waals surface area (Å²) in [5, 5.41) is 9.34. The molecular formula is C17H12BrCl2N3. The summed E-state index contributed by atoms with van der Waals surface area (Å²) in [5.41, 5.74) is 4.15. The third kappa shape index (κ3) is 2.65. The molecule has 0 fully saturated rings. The molecule has 1 N–H and O–H groups in total. The van der Waals surface area contributed by atoms with E-state index in [-0.39, 0.29) is 0 Å². The van der Waals surface area contributed by atoms with Crippen LogP contribution in [0.3, 0.4) is 0 Å². The van der Waals surface area contributed by atoms with Crippen LogP contribution in [0.15, 0.2) is 46.9 Å². The number of hydrogen-bond donors (Lipinski definition) is 1. The van der Waals surface area contributed by atoms with Gasteiger partial charge in [-0.3, -0.25) is 0 Å². The zero-order valence-electron chi connectivity index (χ0n) is 12.0. The first-order valence-electron chi connectivity index (χ1n) is 7.20. The largest absolute Gasteiger partial charge is 0.369 e. The van der Waals surface area contributed by atoms with Crippen LogP contribution in [0.2, 0.25) is 10.0 Å². The maximum absolute atomic E-state index is 6.17. The predicted molar refractivity (Wildman–Crippen MR) is 98.9 cm³/mol. The summed E-state index contributed by atoms with van der Waals surface area (Å²) >= 11 is 15.7. The molecule has 0 bridgehead atoms. The third-order valence-corrected chi connectivity index (χ3v) is 5.13. The fourth-order valence-corrected chi connectivity index (χ4v) is 3.53. The van der Waals surface area contributed by atoms with Gasteiger partial charge < -0.3 is 5.32 Å². The average molecular weight is 409 g/mol.